The first-order valence-electron chi connectivity index (χ1n) is 11.6. The largest absolute Gasteiger partial charge is 0.495 e. The smallest absolute Gasteiger partial charge is 0.259 e. The molecule has 3 heterocycles. The first-order chi connectivity index (χ1) is 18.4. The van der Waals surface area contributed by atoms with Crippen molar-refractivity contribution in [1.82, 2.24) is 10.2 Å². The molecule has 2 aliphatic rings. The Labute approximate surface area is 231 Å². The normalized spacial score (nSPS) is 15.8. The van der Waals surface area contributed by atoms with Crippen LogP contribution in [0.15, 0.2) is 70.0 Å². The standard InChI is InChI=1S/C26H22ClN5O4S2/c1-36-21-9-8-15(11-18(21)27)29-23(34)14-38-26-31-19-7-3-2-6-17(19)24-30-20(25(35)32(24)26)12-22(33)28-13-16-5-4-10-37-16/h2-11,20H,12-14H2,1H3,(H,28,33)(H,29,34)/t20-/m0/s1. The van der Waals surface area contributed by atoms with Gasteiger partial charge in [-0.05, 0) is 41.8 Å². The van der Waals surface area contributed by atoms with Gasteiger partial charge in [-0.3, -0.25) is 19.4 Å². The van der Waals surface area contributed by atoms with E-state index < -0.39 is 6.04 Å². The Morgan fingerprint density at radius 3 is 2.76 bits per heavy atom. The van der Waals surface area contributed by atoms with Crippen molar-refractivity contribution < 1.29 is 19.1 Å². The molecule has 0 radical (unpaired) electrons. The molecule has 0 fully saturated rings. The average molecular weight is 568 g/mol. The summed E-state index contributed by atoms with van der Waals surface area (Å²) in [5.74, 6) is 0.0119. The second-order valence-corrected chi connectivity index (χ2v) is 10.7. The van der Waals surface area contributed by atoms with E-state index in [1.165, 1.54) is 12.0 Å². The number of fused-ring (bicyclic) bond motifs is 3. The summed E-state index contributed by atoms with van der Waals surface area (Å²) in [6, 6.07) is 15.3. The highest BCUT2D eigenvalue weighted by Crippen LogP contribution is 2.34. The molecule has 3 aromatic rings. The van der Waals surface area contributed by atoms with Crippen molar-refractivity contribution in [3.8, 4) is 5.75 Å². The van der Waals surface area contributed by atoms with E-state index in [0.717, 1.165) is 16.6 Å². The highest BCUT2D eigenvalue weighted by molar-refractivity contribution is 8.14. The number of carbonyl (C=O) groups excluding carboxylic acids is 3. The lowest BCUT2D eigenvalue weighted by atomic mass is 10.1. The van der Waals surface area contributed by atoms with Gasteiger partial charge >= 0.3 is 0 Å². The number of methoxy groups -OCH3 is 1. The summed E-state index contributed by atoms with van der Waals surface area (Å²) in [6.07, 6.45) is -0.0803. The van der Waals surface area contributed by atoms with Crippen LogP contribution in [-0.4, -0.2) is 52.5 Å². The molecule has 0 aliphatic carbocycles. The van der Waals surface area contributed by atoms with Crippen LogP contribution in [0.4, 0.5) is 11.4 Å². The first kappa shape index (κ1) is 26.0. The number of hydrogen-bond donors (Lipinski definition) is 2. The molecule has 2 aromatic carbocycles. The molecule has 194 valence electrons. The van der Waals surface area contributed by atoms with Crippen molar-refractivity contribution >= 4 is 74.8 Å². The molecule has 1 aromatic heterocycles. The minimum Gasteiger partial charge on any atom is -0.495 e. The zero-order valence-electron chi connectivity index (χ0n) is 20.1. The van der Waals surface area contributed by atoms with Gasteiger partial charge < -0.3 is 15.4 Å². The molecule has 3 amide bonds. The third kappa shape index (κ3) is 5.59. The van der Waals surface area contributed by atoms with Crippen LogP contribution in [0, 0.1) is 0 Å². The van der Waals surface area contributed by atoms with Gasteiger partial charge in [0.2, 0.25) is 11.8 Å². The van der Waals surface area contributed by atoms with Crippen molar-refractivity contribution in [2.24, 2.45) is 9.98 Å². The average Bonchev–Trinajstić information content (AvgIpc) is 3.55. The summed E-state index contributed by atoms with van der Waals surface area (Å²) in [5.41, 5.74) is 1.86. The summed E-state index contributed by atoms with van der Waals surface area (Å²) in [7, 11) is 1.51. The highest BCUT2D eigenvalue weighted by atomic mass is 35.5. The fourth-order valence-corrected chi connectivity index (χ4v) is 5.65. The number of halogens is 1. The number of aliphatic imine (C=N–C) groups is 2. The molecule has 38 heavy (non-hydrogen) atoms. The Kier molecular flexibility index (Phi) is 7.77. The SMILES string of the molecule is COc1ccc(NC(=O)CSC2=Nc3ccccc3C3=N[C@@H](CC(=O)NCc4cccs4)C(=O)N23)cc1Cl. The molecule has 0 spiro atoms. The molecule has 0 saturated carbocycles. The number of hydrogen-bond acceptors (Lipinski definition) is 8. The summed E-state index contributed by atoms with van der Waals surface area (Å²) < 4.78 is 5.14. The van der Waals surface area contributed by atoms with Crippen molar-refractivity contribution in [3.05, 3.63) is 75.4 Å². The number of thioether (sulfide) groups is 1. The van der Waals surface area contributed by atoms with Gasteiger partial charge in [0.25, 0.3) is 5.91 Å². The van der Waals surface area contributed by atoms with Gasteiger partial charge in [-0.2, -0.15) is 0 Å². The number of rotatable bonds is 8. The monoisotopic (exact) mass is 567 g/mol. The number of amides is 3. The lowest BCUT2D eigenvalue weighted by molar-refractivity contribution is -0.128. The van der Waals surface area contributed by atoms with E-state index in [-0.39, 0.29) is 29.9 Å². The minimum absolute atomic E-state index is 0.00627. The number of benzene rings is 2. The van der Waals surface area contributed by atoms with Crippen LogP contribution in [0.25, 0.3) is 0 Å². The van der Waals surface area contributed by atoms with Crippen LogP contribution in [-0.2, 0) is 20.9 Å². The van der Waals surface area contributed by atoms with Crippen LogP contribution in [0.3, 0.4) is 0 Å². The number of ether oxygens (including phenoxy) is 1. The maximum Gasteiger partial charge on any atom is 0.259 e. The predicted octanol–water partition coefficient (Wildman–Crippen LogP) is 4.45. The molecule has 0 unspecified atom stereocenters. The lowest BCUT2D eigenvalue weighted by Gasteiger charge is -2.25. The summed E-state index contributed by atoms with van der Waals surface area (Å²) >= 11 is 8.81. The molecule has 0 bridgehead atoms. The number of thiophene rings is 1. The van der Waals surface area contributed by atoms with Crippen LogP contribution in [0.2, 0.25) is 5.02 Å². The number of nitrogens with zero attached hydrogens (tertiary/aromatic N) is 3. The maximum absolute atomic E-state index is 13.4. The Bertz CT molecular complexity index is 1460. The van der Waals surface area contributed by atoms with Gasteiger partial charge in [-0.1, -0.05) is 41.6 Å². The molecule has 2 aliphatic heterocycles. The zero-order valence-corrected chi connectivity index (χ0v) is 22.5. The van der Waals surface area contributed by atoms with Gasteiger partial charge in [-0.25, -0.2) is 9.89 Å². The second kappa shape index (κ2) is 11.4. The van der Waals surface area contributed by atoms with Gasteiger partial charge in [0, 0.05) is 16.1 Å². The Morgan fingerprint density at radius 2 is 2.00 bits per heavy atom. The van der Waals surface area contributed by atoms with Crippen molar-refractivity contribution in [3.63, 3.8) is 0 Å². The predicted molar refractivity (Wildman–Crippen MR) is 151 cm³/mol. The van der Waals surface area contributed by atoms with Gasteiger partial charge in [0.1, 0.15) is 17.6 Å². The fraction of sp³-hybridized carbons (Fsp3) is 0.192. The Hall–Kier alpha value is -3.67. The summed E-state index contributed by atoms with van der Waals surface area (Å²) in [4.78, 5) is 50.3. The third-order valence-corrected chi connectivity index (χ3v) is 7.84. The van der Waals surface area contributed by atoms with Crippen molar-refractivity contribution in [2.75, 3.05) is 18.2 Å². The van der Waals surface area contributed by atoms with Crippen LogP contribution in [0.1, 0.15) is 16.9 Å². The number of carbonyl (C=O) groups is 3. The van der Waals surface area contributed by atoms with Crippen LogP contribution >= 0.6 is 34.7 Å². The van der Waals surface area contributed by atoms with E-state index >= 15 is 0 Å². The summed E-state index contributed by atoms with van der Waals surface area (Å²) in [5, 5.41) is 8.27. The molecule has 2 N–H and O–H groups in total. The van der Waals surface area contributed by atoms with E-state index in [9.17, 15) is 14.4 Å². The number of anilines is 1. The van der Waals surface area contributed by atoms with E-state index in [0.29, 0.717) is 45.3 Å². The molecule has 5 rings (SSSR count). The summed E-state index contributed by atoms with van der Waals surface area (Å²) in [6.45, 7) is 0.400. The van der Waals surface area contributed by atoms with Crippen molar-refractivity contribution in [2.45, 2.75) is 19.0 Å². The van der Waals surface area contributed by atoms with E-state index in [1.54, 1.807) is 29.5 Å². The second-order valence-electron chi connectivity index (χ2n) is 8.30. The molecule has 0 saturated heterocycles. The quantitative estimate of drug-likeness (QED) is 0.418. The van der Waals surface area contributed by atoms with E-state index in [1.807, 2.05) is 41.8 Å². The van der Waals surface area contributed by atoms with Gasteiger partial charge in [0.05, 0.1) is 36.5 Å². The third-order valence-electron chi connectivity index (χ3n) is 5.73. The lowest BCUT2D eigenvalue weighted by Crippen LogP contribution is -2.42. The molecule has 1 atom stereocenters. The Balaban J connectivity index is 1.28. The molecular formula is C26H22ClN5O4S2. The van der Waals surface area contributed by atoms with E-state index in [2.05, 4.69) is 20.6 Å². The molecular weight excluding hydrogens is 546 g/mol. The van der Waals surface area contributed by atoms with E-state index in [4.69, 9.17) is 16.3 Å². The fourth-order valence-electron chi connectivity index (χ4n) is 3.95. The van der Waals surface area contributed by atoms with Crippen LogP contribution in [0.5, 0.6) is 5.75 Å². The van der Waals surface area contributed by atoms with Crippen molar-refractivity contribution in [1.29, 1.82) is 0 Å². The minimum atomic E-state index is -0.874. The van der Waals surface area contributed by atoms with Crippen LogP contribution < -0.4 is 15.4 Å². The maximum atomic E-state index is 13.4. The highest BCUT2D eigenvalue weighted by Gasteiger charge is 2.42. The Morgan fingerprint density at radius 1 is 1.16 bits per heavy atom. The van der Waals surface area contributed by atoms with Gasteiger partial charge in [-0.15, -0.1) is 11.3 Å². The first-order valence-corrected chi connectivity index (χ1v) is 13.8. The molecule has 12 heteroatoms. The number of amidine groups is 2. The number of nitrogens with one attached hydrogen (secondary N) is 2. The topological polar surface area (TPSA) is 112 Å². The van der Waals surface area contributed by atoms with Gasteiger partial charge in [0.15, 0.2) is 5.17 Å². The zero-order chi connectivity index (χ0) is 26.6. The number of para-hydroxylation sites is 1. The molecule has 9 nitrogen and oxygen atoms in total.